The van der Waals surface area contributed by atoms with Crippen molar-refractivity contribution in [1.82, 2.24) is 14.5 Å². The molecule has 98 valence electrons. The maximum atomic E-state index is 8.87. The summed E-state index contributed by atoms with van der Waals surface area (Å²) in [6, 6.07) is 13.1. The highest BCUT2D eigenvalue weighted by Gasteiger charge is 2.16. The smallest absolute Gasteiger partial charge is 0.164 e. The highest BCUT2D eigenvalue weighted by molar-refractivity contribution is 6.20. The van der Waals surface area contributed by atoms with E-state index < -0.39 is 0 Å². The minimum absolute atomic E-state index is 0.236. The van der Waals surface area contributed by atoms with Crippen LogP contribution in [-0.2, 0) is 0 Å². The molecule has 0 aliphatic rings. The van der Waals surface area contributed by atoms with Gasteiger partial charge in [-0.05, 0) is 43.3 Å². The van der Waals surface area contributed by atoms with Crippen molar-refractivity contribution >= 4 is 22.8 Å². The third kappa shape index (κ3) is 2.02. The molecule has 0 saturated carbocycles. The second-order valence-electron chi connectivity index (χ2n) is 4.43. The molecule has 0 spiro atoms. The van der Waals surface area contributed by atoms with Crippen LogP contribution in [0, 0.1) is 11.3 Å². The monoisotopic (exact) mass is 282 g/mol. The lowest BCUT2D eigenvalue weighted by Crippen LogP contribution is -2.02. The van der Waals surface area contributed by atoms with E-state index in [0.29, 0.717) is 5.56 Å². The minimum atomic E-state index is -0.236. The lowest BCUT2D eigenvalue weighted by Gasteiger charge is -2.09. The molecule has 20 heavy (non-hydrogen) atoms. The average Bonchev–Trinajstić information content (AvgIpc) is 2.87. The molecular weight excluding hydrogens is 272 g/mol. The first kappa shape index (κ1) is 12.6. The van der Waals surface area contributed by atoms with Crippen molar-refractivity contribution < 1.29 is 0 Å². The molecule has 4 nitrogen and oxygen atoms in total. The Morgan fingerprint density at radius 2 is 2.00 bits per heavy atom. The zero-order valence-corrected chi connectivity index (χ0v) is 11.5. The fourth-order valence-corrected chi connectivity index (χ4v) is 2.28. The molecule has 0 bridgehead atoms. The van der Waals surface area contributed by atoms with Crippen molar-refractivity contribution in [2.24, 2.45) is 0 Å². The van der Waals surface area contributed by atoms with Crippen molar-refractivity contribution in [2.75, 3.05) is 0 Å². The fraction of sp³-hybridized carbons (Fsp3) is 0.133. The van der Waals surface area contributed by atoms with E-state index >= 15 is 0 Å². The second kappa shape index (κ2) is 4.95. The van der Waals surface area contributed by atoms with Gasteiger partial charge in [0.1, 0.15) is 11.3 Å². The third-order valence-electron chi connectivity index (χ3n) is 3.05. The molecule has 0 saturated heterocycles. The van der Waals surface area contributed by atoms with Crippen molar-refractivity contribution in [1.29, 1.82) is 5.26 Å². The number of aromatic nitrogens is 3. The average molecular weight is 283 g/mol. The van der Waals surface area contributed by atoms with E-state index in [1.54, 1.807) is 18.3 Å². The Bertz CT molecular complexity index is 797. The molecule has 1 unspecified atom stereocenters. The molecule has 0 radical (unpaired) electrons. The van der Waals surface area contributed by atoms with Crippen molar-refractivity contribution in [3.63, 3.8) is 0 Å². The lowest BCUT2D eigenvalue weighted by molar-refractivity contribution is 0.877. The number of hydrogen-bond donors (Lipinski definition) is 0. The standard InChI is InChI=1S/C15H11ClN4/c1-10(16)14-19-13-3-2-8-18-15(13)20(14)12-6-4-11(9-17)5-7-12/h2-8,10H,1H3. The molecule has 5 heteroatoms. The molecule has 0 aliphatic carbocycles. The number of rotatable bonds is 2. The van der Waals surface area contributed by atoms with Gasteiger partial charge in [-0.2, -0.15) is 5.26 Å². The quantitative estimate of drug-likeness (QED) is 0.675. The number of nitriles is 1. The molecule has 0 N–H and O–H groups in total. The Hall–Kier alpha value is -2.38. The maximum Gasteiger partial charge on any atom is 0.164 e. The van der Waals surface area contributed by atoms with Crippen LogP contribution in [0.3, 0.4) is 0 Å². The van der Waals surface area contributed by atoms with Gasteiger partial charge in [-0.15, -0.1) is 11.6 Å². The number of hydrogen-bond acceptors (Lipinski definition) is 3. The van der Waals surface area contributed by atoms with Gasteiger partial charge in [0.05, 0.1) is 17.0 Å². The highest BCUT2D eigenvalue weighted by Crippen LogP contribution is 2.26. The zero-order chi connectivity index (χ0) is 14.1. The number of imidazole rings is 1. The summed E-state index contributed by atoms with van der Waals surface area (Å²) >= 11 is 6.22. The van der Waals surface area contributed by atoms with Crippen molar-refractivity contribution in [3.05, 3.63) is 54.0 Å². The van der Waals surface area contributed by atoms with Gasteiger partial charge in [0.25, 0.3) is 0 Å². The van der Waals surface area contributed by atoms with Gasteiger partial charge in [0.15, 0.2) is 5.65 Å². The van der Waals surface area contributed by atoms with Crippen LogP contribution in [-0.4, -0.2) is 14.5 Å². The van der Waals surface area contributed by atoms with Crippen LogP contribution in [0.5, 0.6) is 0 Å². The maximum absolute atomic E-state index is 8.87. The molecule has 1 aromatic carbocycles. The van der Waals surface area contributed by atoms with E-state index in [2.05, 4.69) is 16.0 Å². The molecule has 2 aromatic heterocycles. The Balaban J connectivity index is 2.27. The lowest BCUT2D eigenvalue weighted by atomic mass is 10.2. The number of alkyl halides is 1. The van der Waals surface area contributed by atoms with E-state index in [1.807, 2.05) is 35.8 Å². The van der Waals surface area contributed by atoms with Gasteiger partial charge in [-0.25, -0.2) is 9.97 Å². The van der Waals surface area contributed by atoms with Gasteiger partial charge in [-0.1, -0.05) is 0 Å². The van der Waals surface area contributed by atoms with Crippen LogP contribution >= 0.6 is 11.6 Å². The molecule has 2 heterocycles. The molecule has 3 aromatic rings. The van der Waals surface area contributed by atoms with Crippen molar-refractivity contribution in [3.8, 4) is 11.8 Å². The number of benzene rings is 1. The number of halogens is 1. The van der Waals surface area contributed by atoms with E-state index in [9.17, 15) is 0 Å². The topological polar surface area (TPSA) is 54.5 Å². The summed E-state index contributed by atoms with van der Waals surface area (Å²) in [5.74, 6) is 0.741. The zero-order valence-electron chi connectivity index (χ0n) is 10.8. The summed E-state index contributed by atoms with van der Waals surface area (Å²) in [5, 5.41) is 8.63. The van der Waals surface area contributed by atoms with Gasteiger partial charge in [-0.3, -0.25) is 4.57 Å². The van der Waals surface area contributed by atoms with Crippen LogP contribution < -0.4 is 0 Å². The van der Waals surface area contributed by atoms with Crippen LogP contribution in [0.15, 0.2) is 42.6 Å². The second-order valence-corrected chi connectivity index (χ2v) is 5.08. The molecule has 0 aliphatic heterocycles. The van der Waals surface area contributed by atoms with E-state index in [1.165, 1.54) is 0 Å². The Morgan fingerprint density at radius 3 is 2.65 bits per heavy atom. The van der Waals surface area contributed by atoms with Crippen LogP contribution in [0.25, 0.3) is 16.9 Å². The Labute approximate surface area is 121 Å². The van der Waals surface area contributed by atoms with E-state index in [0.717, 1.165) is 22.7 Å². The molecule has 0 amide bonds. The Kier molecular flexibility index (Phi) is 3.13. The van der Waals surface area contributed by atoms with Gasteiger partial charge < -0.3 is 0 Å². The molecular formula is C15H11ClN4. The van der Waals surface area contributed by atoms with Crippen LogP contribution in [0.4, 0.5) is 0 Å². The van der Waals surface area contributed by atoms with Gasteiger partial charge >= 0.3 is 0 Å². The SMILES string of the molecule is CC(Cl)c1nc2cccnc2n1-c1ccc(C#N)cc1. The Morgan fingerprint density at radius 1 is 1.25 bits per heavy atom. The summed E-state index contributed by atoms with van der Waals surface area (Å²) < 4.78 is 1.92. The van der Waals surface area contributed by atoms with Crippen LogP contribution in [0.1, 0.15) is 23.7 Å². The van der Waals surface area contributed by atoms with E-state index in [4.69, 9.17) is 16.9 Å². The first-order valence-corrected chi connectivity index (χ1v) is 6.62. The minimum Gasteiger partial charge on any atom is -0.279 e. The van der Waals surface area contributed by atoms with Crippen molar-refractivity contribution in [2.45, 2.75) is 12.3 Å². The third-order valence-corrected chi connectivity index (χ3v) is 3.25. The largest absolute Gasteiger partial charge is 0.279 e. The first-order chi connectivity index (χ1) is 9.70. The van der Waals surface area contributed by atoms with Crippen LogP contribution in [0.2, 0.25) is 0 Å². The van der Waals surface area contributed by atoms with Gasteiger partial charge in [0, 0.05) is 11.9 Å². The number of nitrogens with zero attached hydrogens (tertiary/aromatic N) is 4. The number of pyridine rings is 1. The summed E-state index contributed by atoms with van der Waals surface area (Å²) in [6.45, 7) is 1.88. The highest BCUT2D eigenvalue weighted by atomic mass is 35.5. The summed E-state index contributed by atoms with van der Waals surface area (Å²) in [5.41, 5.74) is 3.08. The summed E-state index contributed by atoms with van der Waals surface area (Å²) in [4.78, 5) is 8.91. The predicted octanol–water partition coefficient (Wildman–Crippen LogP) is 3.59. The summed E-state index contributed by atoms with van der Waals surface area (Å²) in [6.07, 6.45) is 1.73. The van der Waals surface area contributed by atoms with E-state index in [-0.39, 0.29) is 5.38 Å². The predicted molar refractivity (Wildman–Crippen MR) is 77.8 cm³/mol. The molecule has 1 atom stereocenters. The first-order valence-electron chi connectivity index (χ1n) is 6.18. The number of fused-ring (bicyclic) bond motifs is 1. The van der Waals surface area contributed by atoms with Gasteiger partial charge in [0.2, 0.25) is 0 Å². The molecule has 3 rings (SSSR count). The molecule has 0 fully saturated rings. The summed E-state index contributed by atoms with van der Waals surface area (Å²) in [7, 11) is 0. The normalized spacial score (nSPS) is 12.2. The fourth-order valence-electron chi connectivity index (χ4n) is 2.14.